The van der Waals surface area contributed by atoms with Gasteiger partial charge in [0.2, 0.25) is 11.8 Å². The molecule has 11 heteroatoms. The molecule has 0 spiro atoms. The number of aromatic amines is 1. The molecule has 34 heavy (non-hydrogen) atoms. The number of H-pyrrole nitrogens is 1. The predicted octanol–water partition coefficient (Wildman–Crippen LogP) is 0.826. The van der Waals surface area contributed by atoms with Gasteiger partial charge in [-0.2, -0.15) is 0 Å². The van der Waals surface area contributed by atoms with Crippen LogP contribution in [0.3, 0.4) is 0 Å². The molecule has 1 saturated heterocycles. The Hall–Kier alpha value is -4.12. The first-order chi connectivity index (χ1) is 16.4. The number of nitrogens with one attached hydrogen (secondary N) is 1. The lowest BCUT2D eigenvalue weighted by Gasteiger charge is -2.32. The minimum absolute atomic E-state index is 0.172. The second-order valence-corrected chi connectivity index (χ2v) is 8.28. The molecule has 11 nitrogen and oxygen atoms in total. The summed E-state index contributed by atoms with van der Waals surface area (Å²) in [4.78, 5) is 54.8. The fourth-order valence-corrected chi connectivity index (χ4v) is 4.51. The van der Waals surface area contributed by atoms with E-state index in [-0.39, 0.29) is 18.5 Å². The third-order valence-corrected chi connectivity index (χ3v) is 6.15. The maximum absolute atomic E-state index is 13.0. The smallest absolute Gasteiger partial charge is 0.329 e. The maximum Gasteiger partial charge on any atom is 0.329 e. The van der Waals surface area contributed by atoms with E-state index in [0.29, 0.717) is 59.4 Å². The third kappa shape index (κ3) is 3.90. The van der Waals surface area contributed by atoms with Gasteiger partial charge < -0.3 is 10.5 Å². The summed E-state index contributed by atoms with van der Waals surface area (Å²) in [5.41, 5.74) is 7.22. The number of likely N-dealkylation sites (tertiary alicyclic amines) is 1. The van der Waals surface area contributed by atoms with Gasteiger partial charge in [-0.25, -0.2) is 14.8 Å². The number of carbonyl (C=O) groups is 1. The summed E-state index contributed by atoms with van der Waals surface area (Å²) in [6.45, 7) is 1.40. The van der Waals surface area contributed by atoms with Crippen molar-refractivity contribution in [1.29, 1.82) is 0 Å². The van der Waals surface area contributed by atoms with Crippen molar-refractivity contribution in [2.24, 2.45) is 5.73 Å². The van der Waals surface area contributed by atoms with Gasteiger partial charge in [0.15, 0.2) is 0 Å². The molecule has 1 aliphatic rings. The van der Waals surface area contributed by atoms with E-state index in [1.807, 2.05) is 23.1 Å². The molecule has 1 amide bonds. The molecule has 0 saturated carbocycles. The Kier molecular flexibility index (Phi) is 5.54. The maximum atomic E-state index is 13.0. The fraction of sp³-hybridized carbons (Fsp3) is 0.304. The van der Waals surface area contributed by atoms with Gasteiger partial charge in [-0.05, 0) is 31.0 Å². The largest absolute Gasteiger partial charge is 0.481 e. The van der Waals surface area contributed by atoms with E-state index in [4.69, 9.17) is 15.5 Å². The van der Waals surface area contributed by atoms with Gasteiger partial charge >= 0.3 is 5.69 Å². The third-order valence-electron chi connectivity index (χ3n) is 6.15. The Morgan fingerprint density at radius 2 is 1.94 bits per heavy atom. The highest BCUT2D eigenvalue weighted by Gasteiger charge is 2.25. The van der Waals surface area contributed by atoms with Crippen molar-refractivity contribution < 1.29 is 9.53 Å². The number of rotatable bonds is 5. The number of pyridine rings is 3. The highest BCUT2D eigenvalue weighted by atomic mass is 16.5. The predicted molar refractivity (Wildman–Crippen MR) is 126 cm³/mol. The molecule has 0 atom stereocenters. The Labute approximate surface area is 193 Å². The van der Waals surface area contributed by atoms with Crippen molar-refractivity contribution in [2.45, 2.75) is 18.9 Å². The van der Waals surface area contributed by atoms with Crippen LogP contribution in [0.1, 0.15) is 18.9 Å². The second-order valence-electron chi connectivity index (χ2n) is 8.28. The fourth-order valence-electron chi connectivity index (χ4n) is 4.51. The van der Waals surface area contributed by atoms with E-state index in [1.165, 1.54) is 6.20 Å². The normalized spacial score (nSPS) is 15.1. The van der Waals surface area contributed by atoms with Crippen LogP contribution in [0.15, 0.2) is 46.2 Å². The Morgan fingerprint density at radius 3 is 2.62 bits per heavy atom. The van der Waals surface area contributed by atoms with Crippen LogP contribution in [-0.4, -0.2) is 62.1 Å². The molecule has 4 aromatic rings. The lowest BCUT2D eigenvalue weighted by atomic mass is 10.0. The van der Waals surface area contributed by atoms with Gasteiger partial charge in [-0.15, -0.1) is 0 Å². The summed E-state index contributed by atoms with van der Waals surface area (Å²) >= 11 is 0. The minimum atomic E-state index is -0.505. The van der Waals surface area contributed by atoms with E-state index in [9.17, 15) is 14.4 Å². The Balaban J connectivity index is 1.66. The monoisotopic (exact) mass is 461 g/mol. The molecule has 0 aromatic carbocycles. The zero-order valence-corrected chi connectivity index (χ0v) is 18.5. The molecule has 3 N–H and O–H groups in total. The van der Waals surface area contributed by atoms with Crippen LogP contribution in [0, 0.1) is 0 Å². The lowest BCUT2D eigenvalue weighted by molar-refractivity contribution is -0.119. The van der Waals surface area contributed by atoms with Crippen LogP contribution in [0.25, 0.3) is 33.2 Å². The lowest BCUT2D eigenvalue weighted by Crippen LogP contribution is -2.42. The van der Waals surface area contributed by atoms with Crippen molar-refractivity contribution in [1.82, 2.24) is 29.4 Å². The van der Waals surface area contributed by atoms with Crippen LogP contribution in [0.4, 0.5) is 0 Å². The zero-order chi connectivity index (χ0) is 23.8. The first kappa shape index (κ1) is 21.7. The zero-order valence-electron chi connectivity index (χ0n) is 18.5. The van der Waals surface area contributed by atoms with Gasteiger partial charge in [-0.3, -0.25) is 29.0 Å². The standard InChI is InChI=1S/C23H23N7O4/c1-34-19-5-2-13(10-26-19)16-3-4-17-20(27-16)21-15(11-25-17)22(32)28-23(33)30(21)14-6-8-29(9-7-14)12-18(24)31/h2-5,10-11,14H,6-9,12H2,1H3,(H2,24,31)(H,28,32,33). The number of hydrogen-bond acceptors (Lipinski definition) is 8. The van der Waals surface area contributed by atoms with Crippen molar-refractivity contribution in [3.8, 4) is 17.1 Å². The number of hydrogen-bond donors (Lipinski definition) is 2. The number of nitrogens with two attached hydrogens (primary N) is 1. The van der Waals surface area contributed by atoms with Gasteiger partial charge in [0.05, 0.1) is 35.8 Å². The number of ether oxygens (including phenoxy) is 1. The van der Waals surface area contributed by atoms with Crippen molar-refractivity contribution in [3.63, 3.8) is 0 Å². The molecule has 5 rings (SSSR count). The number of amides is 1. The molecule has 0 radical (unpaired) electrons. The van der Waals surface area contributed by atoms with Crippen molar-refractivity contribution in [3.05, 3.63) is 57.5 Å². The topological polar surface area (TPSA) is 149 Å². The quantitative estimate of drug-likeness (QED) is 0.415. The number of primary amides is 1. The van der Waals surface area contributed by atoms with Crippen LogP contribution < -0.4 is 21.7 Å². The molecule has 0 bridgehead atoms. The summed E-state index contributed by atoms with van der Waals surface area (Å²) in [6.07, 6.45) is 4.38. The van der Waals surface area contributed by atoms with Gasteiger partial charge in [0.25, 0.3) is 5.56 Å². The Morgan fingerprint density at radius 1 is 1.15 bits per heavy atom. The first-order valence-electron chi connectivity index (χ1n) is 10.9. The molecule has 0 aliphatic carbocycles. The van der Waals surface area contributed by atoms with Crippen LogP contribution in [0.5, 0.6) is 5.88 Å². The number of nitrogens with zero attached hydrogens (tertiary/aromatic N) is 5. The van der Waals surface area contributed by atoms with E-state index < -0.39 is 11.2 Å². The van der Waals surface area contributed by atoms with Crippen LogP contribution >= 0.6 is 0 Å². The summed E-state index contributed by atoms with van der Waals surface area (Å²) in [5.74, 6) is 0.103. The first-order valence-corrected chi connectivity index (χ1v) is 10.9. The summed E-state index contributed by atoms with van der Waals surface area (Å²) in [6, 6.07) is 7.04. The number of aromatic nitrogens is 5. The molecular formula is C23H23N7O4. The average Bonchev–Trinajstić information content (AvgIpc) is 2.84. The second kappa shape index (κ2) is 8.67. The average molecular weight is 461 g/mol. The van der Waals surface area contributed by atoms with Gasteiger partial charge in [-0.1, -0.05) is 0 Å². The van der Waals surface area contributed by atoms with Crippen molar-refractivity contribution in [2.75, 3.05) is 26.7 Å². The summed E-state index contributed by atoms with van der Waals surface area (Å²) in [5, 5.41) is 0.296. The molecule has 1 aliphatic heterocycles. The highest BCUT2D eigenvalue weighted by Crippen LogP contribution is 2.28. The SMILES string of the molecule is COc1ccc(-c2ccc3ncc4c(=O)[nH]c(=O)n(C5CCN(CC(N)=O)CC5)c4c3n2)cn1. The van der Waals surface area contributed by atoms with Crippen LogP contribution in [0.2, 0.25) is 0 Å². The molecular weight excluding hydrogens is 438 g/mol. The number of methoxy groups -OCH3 is 1. The van der Waals surface area contributed by atoms with Gasteiger partial charge in [0.1, 0.15) is 5.52 Å². The number of carbonyl (C=O) groups excluding carboxylic acids is 1. The van der Waals surface area contributed by atoms with Gasteiger partial charge in [0, 0.05) is 43.2 Å². The molecule has 4 aromatic heterocycles. The highest BCUT2D eigenvalue weighted by molar-refractivity contribution is 6.01. The molecule has 0 unspecified atom stereocenters. The molecule has 174 valence electrons. The van der Waals surface area contributed by atoms with E-state index in [0.717, 1.165) is 5.56 Å². The van der Waals surface area contributed by atoms with E-state index >= 15 is 0 Å². The van der Waals surface area contributed by atoms with E-state index in [2.05, 4.69) is 15.0 Å². The summed E-state index contributed by atoms with van der Waals surface area (Å²) in [7, 11) is 1.54. The molecule has 5 heterocycles. The minimum Gasteiger partial charge on any atom is -0.481 e. The van der Waals surface area contributed by atoms with Crippen LogP contribution in [-0.2, 0) is 4.79 Å². The molecule has 1 fully saturated rings. The summed E-state index contributed by atoms with van der Waals surface area (Å²) < 4.78 is 6.74. The van der Waals surface area contributed by atoms with E-state index in [1.54, 1.807) is 23.9 Å². The van der Waals surface area contributed by atoms with Crippen molar-refractivity contribution >= 4 is 27.8 Å². The number of piperidine rings is 1. The number of fused-ring (bicyclic) bond motifs is 3. The Bertz CT molecular complexity index is 1500.